The minimum absolute atomic E-state index is 0. The standard InChI is InChI=1S/C10H19NO2.C10H17NO2.C9H19N2O2P.C8H16NOP.C8H15NO.HI/c2*1-8(12)7-10-5-3-4-6-11(10)9(2)13;1-10(13-2)9(12)7-8-5-3-4-6-11(8)14;1-7(10)6-8-4-2-3-5-9(8)11;1-7(10)6-8-4-2-3-5-9-8;/h8,10,12H,3-7H2,1-2H3;10H,3-7H2,1-2H3;8H,3-7,14H2,1-2H3;8H,2-6,11H2,1H3;8-9H,2-6H2,1H3;1H. The molecule has 0 aromatic heterocycles. The predicted molar refractivity (Wildman–Crippen MR) is 266 cm³/mol. The normalized spacial score (nSPS) is 24.5. The molecule has 62 heavy (non-hydrogen) atoms. The maximum absolute atomic E-state index is 11.6. The van der Waals surface area contributed by atoms with E-state index >= 15 is 0 Å². The van der Waals surface area contributed by atoms with Gasteiger partial charge in [-0.25, -0.2) is 5.06 Å². The van der Waals surface area contributed by atoms with E-state index in [4.69, 9.17) is 4.84 Å². The molecule has 0 bridgehead atoms. The third kappa shape index (κ3) is 27.3. The van der Waals surface area contributed by atoms with Crippen molar-refractivity contribution >= 4 is 77.8 Å². The smallest absolute Gasteiger partial charge is 0.247 e. The van der Waals surface area contributed by atoms with Crippen LogP contribution in [0.4, 0.5) is 0 Å². The third-order valence-corrected chi connectivity index (χ3v) is 13.4. The molecule has 8 atom stereocenters. The number of hydrogen-bond acceptors (Lipinski definition) is 11. The van der Waals surface area contributed by atoms with Crippen LogP contribution in [0, 0.1) is 0 Å². The largest absolute Gasteiger partial charge is 0.393 e. The van der Waals surface area contributed by atoms with E-state index in [9.17, 15) is 33.9 Å². The molecule has 5 fully saturated rings. The zero-order valence-corrected chi connectivity index (χ0v) is 44.4. The number of likely N-dealkylation sites (tertiary alicyclic amines) is 2. The third-order valence-electron chi connectivity index (χ3n) is 12.0. The van der Waals surface area contributed by atoms with E-state index in [1.807, 2.05) is 9.80 Å². The molecule has 5 aliphatic heterocycles. The SMILES string of the molecule is CC(=O)CC1CCCCN1.CC(=O)CC1CCCCN1C(C)=O.CC(=O)CC1CCCCN1P.CC(=O)N1CCCCC1CC(C)O.CON(C)C(=O)CC1CCCCN1P.I. The van der Waals surface area contributed by atoms with Crippen molar-refractivity contribution in [3.8, 4) is 0 Å². The first-order valence-electron chi connectivity index (χ1n) is 23.1. The number of hydroxylamine groups is 2. The number of amides is 3. The fourth-order valence-electron chi connectivity index (χ4n) is 8.71. The summed E-state index contributed by atoms with van der Waals surface area (Å²) >= 11 is 0. The molecule has 0 spiro atoms. The quantitative estimate of drug-likeness (QED) is 0.126. The predicted octanol–water partition coefficient (Wildman–Crippen LogP) is 6.90. The lowest BCUT2D eigenvalue weighted by molar-refractivity contribution is -0.169. The highest BCUT2D eigenvalue weighted by molar-refractivity contribution is 14.0. The maximum Gasteiger partial charge on any atom is 0.247 e. The number of halogens is 1. The van der Waals surface area contributed by atoms with Crippen LogP contribution >= 0.6 is 42.8 Å². The molecule has 17 heteroatoms. The second-order valence-corrected chi connectivity index (χ2v) is 19.1. The Hall–Kier alpha value is -1.19. The van der Waals surface area contributed by atoms with E-state index in [1.54, 1.807) is 48.6 Å². The topological polar surface area (TPSA) is 160 Å². The second kappa shape index (κ2) is 35.1. The molecule has 0 saturated carbocycles. The van der Waals surface area contributed by atoms with E-state index in [0.29, 0.717) is 42.5 Å². The molecule has 5 heterocycles. The Morgan fingerprint density at radius 1 is 0.613 bits per heavy atom. The highest BCUT2D eigenvalue weighted by Crippen LogP contribution is 2.25. The minimum atomic E-state index is -0.301. The zero-order valence-electron chi connectivity index (χ0n) is 39.7. The number of nitrogens with one attached hydrogen (secondary N) is 1. The Morgan fingerprint density at radius 3 is 1.42 bits per heavy atom. The van der Waals surface area contributed by atoms with Crippen molar-refractivity contribution in [1.82, 2.24) is 29.5 Å². The Kier molecular flexibility index (Phi) is 34.4. The van der Waals surface area contributed by atoms with Gasteiger partial charge in [0.1, 0.15) is 17.3 Å². The Balaban J connectivity index is 0.000000750. The number of carbonyl (C=O) groups is 6. The number of aliphatic hydroxyl groups excluding tert-OH is 1. The summed E-state index contributed by atoms with van der Waals surface area (Å²) in [5, 5.41) is 13.9. The lowest BCUT2D eigenvalue weighted by atomic mass is 9.97. The number of aliphatic hydroxyl groups is 1. The van der Waals surface area contributed by atoms with Crippen LogP contribution in [-0.4, -0.2) is 148 Å². The van der Waals surface area contributed by atoms with Crippen LogP contribution < -0.4 is 5.32 Å². The molecule has 0 aromatic rings. The van der Waals surface area contributed by atoms with Gasteiger partial charge >= 0.3 is 0 Å². The molecule has 5 saturated heterocycles. The average Bonchev–Trinajstić information content (AvgIpc) is 3.20. The minimum Gasteiger partial charge on any atom is -0.393 e. The van der Waals surface area contributed by atoms with Gasteiger partial charge in [0, 0.05) is 103 Å². The summed E-state index contributed by atoms with van der Waals surface area (Å²) in [6.07, 6.45) is 20.5. The second-order valence-electron chi connectivity index (χ2n) is 17.7. The number of piperidine rings is 5. The first-order chi connectivity index (χ1) is 28.9. The van der Waals surface area contributed by atoms with Crippen molar-refractivity contribution in [1.29, 1.82) is 0 Å². The van der Waals surface area contributed by atoms with Gasteiger partial charge < -0.3 is 20.2 Å². The van der Waals surface area contributed by atoms with Gasteiger partial charge in [0.15, 0.2) is 0 Å². The van der Waals surface area contributed by atoms with Gasteiger partial charge in [-0.15, -0.1) is 24.0 Å². The molecule has 0 aromatic carbocycles. The number of ketones is 3. The molecule has 362 valence electrons. The lowest BCUT2D eigenvalue weighted by Crippen LogP contribution is -2.43. The van der Waals surface area contributed by atoms with Crippen LogP contribution in [0.25, 0.3) is 0 Å². The average molecular weight is 1030 g/mol. The summed E-state index contributed by atoms with van der Waals surface area (Å²) in [4.78, 5) is 75.0. The fraction of sp³-hybridized carbons (Fsp3) is 0.867. The van der Waals surface area contributed by atoms with Crippen molar-refractivity contribution in [2.24, 2.45) is 0 Å². The molecule has 14 nitrogen and oxygen atoms in total. The van der Waals surface area contributed by atoms with Gasteiger partial charge in [0.2, 0.25) is 17.7 Å². The molecule has 5 rings (SSSR count). The highest BCUT2D eigenvalue weighted by Gasteiger charge is 2.27. The number of nitrogens with zero attached hydrogens (tertiary/aromatic N) is 5. The molecule has 0 aliphatic carbocycles. The summed E-state index contributed by atoms with van der Waals surface area (Å²) in [6.45, 7) is 14.9. The number of Topliss-reactive ketones (excluding diaryl/α,β-unsaturated/α-hetero) is 3. The zero-order chi connectivity index (χ0) is 45.9. The molecule has 5 aliphatic rings. The first kappa shape index (κ1) is 60.8. The summed E-state index contributed by atoms with van der Waals surface area (Å²) in [5.74, 6) is 1.09. The Labute approximate surface area is 397 Å². The van der Waals surface area contributed by atoms with Crippen LogP contribution in [0.2, 0.25) is 0 Å². The number of hydrogen-bond donors (Lipinski definition) is 2. The fourth-order valence-corrected chi connectivity index (χ4v) is 9.58. The monoisotopic (exact) mass is 1030 g/mol. The number of carbonyl (C=O) groups excluding carboxylic acids is 6. The van der Waals surface area contributed by atoms with Crippen LogP contribution in [0.15, 0.2) is 0 Å². The van der Waals surface area contributed by atoms with Crippen molar-refractivity contribution in [3.05, 3.63) is 0 Å². The summed E-state index contributed by atoms with van der Waals surface area (Å²) in [6, 6.07) is 1.77. The van der Waals surface area contributed by atoms with Gasteiger partial charge in [0.25, 0.3) is 0 Å². The summed E-state index contributed by atoms with van der Waals surface area (Å²) in [7, 11) is 8.58. The van der Waals surface area contributed by atoms with Crippen LogP contribution in [0.5, 0.6) is 0 Å². The summed E-state index contributed by atoms with van der Waals surface area (Å²) < 4.78 is 4.41. The van der Waals surface area contributed by atoms with Crippen molar-refractivity contribution < 1.29 is 38.7 Å². The van der Waals surface area contributed by atoms with E-state index in [2.05, 4.69) is 33.4 Å². The molecule has 0 radical (unpaired) electrons. The Bertz CT molecular complexity index is 1310. The maximum atomic E-state index is 11.6. The Morgan fingerprint density at radius 2 is 1.02 bits per heavy atom. The van der Waals surface area contributed by atoms with E-state index in [0.717, 1.165) is 90.5 Å². The first-order valence-corrected chi connectivity index (χ1v) is 24.2. The van der Waals surface area contributed by atoms with Gasteiger partial charge in [-0.05, 0) is 118 Å². The van der Waals surface area contributed by atoms with Crippen LogP contribution in [0.3, 0.4) is 0 Å². The van der Waals surface area contributed by atoms with E-state index in [1.165, 1.54) is 70.0 Å². The van der Waals surface area contributed by atoms with Crippen LogP contribution in [0.1, 0.15) is 170 Å². The molecular formula is C45H87IN6O8P2. The van der Waals surface area contributed by atoms with Gasteiger partial charge in [-0.1, -0.05) is 38.0 Å². The van der Waals surface area contributed by atoms with Crippen LogP contribution in [-0.2, 0) is 33.6 Å². The molecule has 2 N–H and O–H groups in total. The lowest BCUT2D eigenvalue weighted by Gasteiger charge is -2.35. The molecule has 8 unspecified atom stereocenters. The van der Waals surface area contributed by atoms with E-state index < -0.39 is 0 Å². The van der Waals surface area contributed by atoms with Gasteiger partial charge in [0.05, 0.1) is 13.2 Å². The summed E-state index contributed by atoms with van der Waals surface area (Å²) in [5.41, 5.74) is 0. The molecule has 3 amide bonds. The van der Waals surface area contributed by atoms with Crippen molar-refractivity contribution in [2.45, 2.75) is 206 Å². The van der Waals surface area contributed by atoms with Gasteiger partial charge in [-0.2, -0.15) is 0 Å². The highest BCUT2D eigenvalue weighted by atomic mass is 127. The number of rotatable bonds is 11. The molecular weight excluding hydrogens is 941 g/mol. The van der Waals surface area contributed by atoms with Crippen molar-refractivity contribution in [2.75, 3.05) is 46.9 Å². The van der Waals surface area contributed by atoms with Gasteiger partial charge in [-0.3, -0.25) is 42.9 Å². The van der Waals surface area contributed by atoms with E-state index in [-0.39, 0.29) is 65.7 Å². The van der Waals surface area contributed by atoms with Crippen molar-refractivity contribution in [3.63, 3.8) is 0 Å².